The van der Waals surface area contributed by atoms with Crippen LogP contribution in [0.25, 0.3) is 0 Å². The number of nitrogens with zero attached hydrogens (tertiary/aromatic N) is 1. The minimum atomic E-state index is -0.369. The molecule has 0 aromatic heterocycles. The van der Waals surface area contributed by atoms with Crippen LogP contribution in [-0.2, 0) is 25.7 Å². The summed E-state index contributed by atoms with van der Waals surface area (Å²) in [5.74, 6) is -0.0885. The van der Waals surface area contributed by atoms with Crippen LogP contribution < -0.4 is 0 Å². The summed E-state index contributed by atoms with van der Waals surface area (Å²) in [5, 5.41) is 0. The van der Waals surface area contributed by atoms with Crippen LogP contribution in [0.15, 0.2) is 30.3 Å². The molecular weight excluding hydrogens is 282 g/mol. The second kappa shape index (κ2) is 7.94. The number of hydrogen-bond donors (Lipinski definition) is 0. The number of carbonyl (C=O) groups is 2. The van der Waals surface area contributed by atoms with Gasteiger partial charge in [0.2, 0.25) is 0 Å². The molecule has 2 rings (SSSR count). The summed E-state index contributed by atoms with van der Waals surface area (Å²) in [4.78, 5) is 25.2. The van der Waals surface area contributed by atoms with E-state index in [4.69, 9.17) is 9.47 Å². The average Bonchev–Trinajstić information content (AvgIpc) is 2.54. The van der Waals surface area contributed by atoms with Gasteiger partial charge in [-0.15, -0.1) is 0 Å². The summed E-state index contributed by atoms with van der Waals surface area (Å²) in [6.45, 7) is 0.736. The fourth-order valence-electron chi connectivity index (χ4n) is 2.48. The summed E-state index contributed by atoms with van der Waals surface area (Å²) in [6, 6.07) is 9.61. The molecule has 1 aliphatic rings. The Kier molecular flexibility index (Phi) is 5.95. The Labute approximate surface area is 131 Å². The molecule has 0 radical (unpaired) electrons. The second-order valence-electron chi connectivity index (χ2n) is 5.85. The molecule has 0 aliphatic carbocycles. The van der Waals surface area contributed by atoms with Gasteiger partial charge in [0, 0.05) is 14.1 Å². The molecule has 1 aromatic carbocycles. The monoisotopic (exact) mass is 305 g/mol. The van der Waals surface area contributed by atoms with Gasteiger partial charge in [-0.3, -0.25) is 9.59 Å². The number of rotatable bonds is 5. The molecule has 0 unspecified atom stereocenters. The van der Waals surface area contributed by atoms with Crippen molar-refractivity contribution in [3.8, 4) is 0 Å². The minimum absolute atomic E-state index is 0.00916. The van der Waals surface area contributed by atoms with E-state index in [1.165, 1.54) is 0 Å². The van der Waals surface area contributed by atoms with Gasteiger partial charge < -0.3 is 14.4 Å². The third-order valence-electron chi connectivity index (χ3n) is 3.78. The third-order valence-corrected chi connectivity index (χ3v) is 3.78. The van der Waals surface area contributed by atoms with Crippen LogP contribution in [0.3, 0.4) is 0 Å². The van der Waals surface area contributed by atoms with E-state index >= 15 is 0 Å². The van der Waals surface area contributed by atoms with Crippen LogP contribution in [0.2, 0.25) is 0 Å². The minimum Gasteiger partial charge on any atom is -0.461 e. The zero-order chi connectivity index (χ0) is 15.9. The number of carbonyl (C=O) groups excluding carboxylic acids is 2. The lowest BCUT2D eigenvalue weighted by Crippen LogP contribution is -2.39. The highest BCUT2D eigenvalue weighted by Gasteiger charge is 2.29. The summed E-state index contributed by atoms with van der Waals surface area (Å²) >= 11 is 0. The first kappa shape index (κ1) is 16.5. The van der Waals surface area contributed by atoms with Crippen LogP contribution in [0.1, 0.15) is 24.8 Å². The first-order chi connectivity index (χ1) is 10.6. The Morgan fingerprint density at radius 2 is 1.95 bits per heavy atom. The molecule has 120 valence electrons. The largest absolute Gasteiger partial charge is 0.461 e. The number of hydrogen-bond acceptors (Lipinski definition) is 4. The lowest BCUT2D eigenvalue weighted by Gasteiger charge is -2.29. The zero-order valence-electron chi connectivity index (χ0n) is 13.2. The van der Waals surface area contributed by atoms with Gasteiger partial charge in [-0.05, 0) is 24.3 Å². The van der Waals surface area contributed by atoms with Gasteiger partial charge >= 0.3 is 5.97 Å². The first-order valence-corrected chi connectivity index (χ1v) is 7.58. The van der Waals surface area contributed by atoms with E-state index in [2.05, 4.69) is 0 Å². The molecule has 1 aromatic rings. The summed E-state index contributed by atoms with van der Waals surface area (Å²) in [6.07, 6.45) is 1.44. The molecule has 0 N–H and O–H groups in total. The zero-order valence-corrected chi connectivity index (χ0v) is 13.2. The van der Waals surface area contributed by atoms with Gasteiger partial charge in [0.05, 0.1) is 13.0 Å². The van der Waals surface area contributed by atoms with E-state index in [0.29, 0.717) is 26.1 Å². The van der Waals surface area contributed by atoms with E-state index in [1.54, 1.807) is 19.0 Å². The number of ether oxygens (including phenoxy) is 2. The molecular formula is C17H23NO4. The van der Waals surface area contributed by atoms with Gasteiger partial charge in [-0.2, -0.15) is 0 Å². The molecule has 1 amide bonds. The van der Waals surface area contributed by atoms with E-state index in [-0.39, 0.29) is 23.9 Å². The van der Waals surface area contributed by atoms with Crippen molar-refractivity contribution in [3.63, 3.8) is 0 Å². The van der Waals surface area contributed by atoms with E-state index < -0.39 is 0 Å². The summed E-state index contributed by atoms with van der Waals surface area (Å²) in [5.41, 5.74) is 0.979. The predicted octanol–water partition coefficient (Wildman–Crippen LogP) is 2.00. The molecule has 1 saturated heterocycles. The van der Waals surface area contributed by atoms with Crippen molar-refractivity contribution in [1.82, 2.24) is 4.90 Å². The molecule has 2 atom stereocenters. The Balaban J connectivity index is 1.69. The van der Waals surface area contributed by atoms with Crippen molar-refractivity contribution >= 4 is 11.9 Å². The van der Waals surface area contributed by atoms with Crippen molar-refractivity contribution in [1.29, 1.82) is 0 Å². The van der Waals surface area contributed by atoms with Gasteiger partial charge in [-0.1, -0.05) is 30.3 Å². The Hall–Kier alpha value is -1.88. The van der Waals surface area contributed by atoms with Crippen molar-refractivity contribution in [3.05, 3.63) is 35.9 Å². The van der Waals surface area contributed by atoms with E-state index in [9.17, 15) is 9.59 Å². The molecule has 22 heavy (non-hydrogen) atoms. The van der Waals surface area contributed by atoms with Crippen molar-refractivity contribution in [2.75, 3.05) is 20.7 Å². The number of amides is 1. The highest BCUT2D eigenvalue weighted by Crippen LogP contribution is 2.23. The Bertz CT molecular complexity index is 493. The molecule has 0 saturated carbocycles. The number of likely N-dealkylation sites (N-methyl/N-ethyl adjacent to an activating group) is 1. The van der Waals surface area contributed by atoms with Crippen molar-refractivity contribution in [2.45, 2.75) is 32.0 Å². The number of benzene rings is 1. The molecule has 5 heteroatoms. The fraction of sp³-hybridized carbons (Fsp3) is 0.529. The molecule has 0 bridgehead atoms. The average molecular weight is 305 g/mol. The van der Waals surface area contributed by atoms with E-state index in [1.807, 2.05) is 30.3 Å². The Morgan fingerprint density at radius 1 is 1.23 bits per heavy atom. The van der Waals surface area contributed by atoms with Crippen molar-refractivity contribution in [2.24, 2.45) is 5.92 Å². The van der Waals surface area contributed by atoms with Gasteiger partial charge in [0.1, 0.15) is 12.7 Å². The van der Waals surface area contributed by atoms with Gasteiger partial charge in [0.15, 0.2) is 0 Å². The quantitative estimate of drug-likeness (QED) is 0.781. The Morgan fingerprint density at radius 3 is 2.55 bits per heavy atom. The second-order valence-corrected chi connectivity index (χ2v) is 5.85. The molecule has 0 spiro atoms. The molecule has 1 heterocycles. The standard InChI is InChI=1S/C17H23NO4/c1-18(2)17(20)15-9-8-14(12-21-15)10-16(19)22-11-13-6-4-3-5-7-13/h3-7,14-15H,8-12H2,1-2H3/t14-,15-/m0/s1. The van der Waals surface area contributed by atoms with Gasteiger partial charge in [0.25, 0.3) is 5.91 Å². The molecule has 1 fully saturated rings. The fourth-order valence-corrected chi connectivity index (χ4v) is 2.48. The van der Waals surface area contributed by atoms with Crippen LogP contribution in [0.5, 0.6) is 0 Å². The lowest BCUT2D eigenvalue weighted by molar-refractivity contribution is -0.151. The lowest BCUT2D eigenvalue weighted by atomic mass is 9.95. The van der Waals surface area contributed by atoms with E-state index in [0.717, 1.165) is 12.0 Å². The first-order valence-electron chi connectivity index (χ1n) is 7.58. The maximum absolute atomic E-state index is 11.9. The topological polar surface area (TPSA) is 55.8 Å². The number of esters is 1. The maximum Gasteiger partial charge on any atom is 0.306 e. The SMILES string of the molecule is CN(C)C(=O)[C@@H]1CC[C@@H](CC(=O)OCc2ccccc2)CO1. The van der Waals surface area contributed by atoms with Crippen LogP contribution >= 0.6 is 0 Å². The highest BCUT2D eigenvalue weighted by atomic mass is 16.5. The third kappa shape index (κ3) is 4.84. The summed E-state index contributed by atoms with van der Waals surface area (Å²) < 4.78 is 10.9. The predicted molar refractivity (Wildman–Crippen MR) is 82.0 cm³/mol. The van der Waals surface area contributed by atoms with Crippen LogP contribution in [0, 0.1) is 5.92 Å². The summed E-state index contributed by atoms with van der Waals surface area (Å²) in [7, 11) is 3.44. The van der Waals surface area contributed by atoms with Gasteiger partial charge in [-0.25, -0.2) is 0 Å². The highest BCUT2D eigenvalue weighted by molar-refractivity contribution is 5.80. The normalized spacial score (nSPS) is 21.2. The molecule has 1 aliphatic heterocycles. The smallest absolute Gasteiger partial charge is 0.306 e. The van der Waals surface area contributed by atoms with Crippen LogP contribution in [-0.4, -0.2) is 43.6 Å². The maximum atomic E-state index is 11.9. The van der Waals surface area contributed by atoms with Crippen LogP contribution in [0.4, 0.5) is 0 Å². The van der Waals surface area contributed by atoms with Crippen molar-refractivity contribution < 1.29 is 19.1 Å². The molecule has 5 nitrogen and oxygen atoms in total.